The van der Waals surface area contributed by atoms with Crippen LogP contribution in [0.2, 0.25) is 0 Å². The van der Waals surface area contributed by atoms with Crippen molar-refractivity contribution in [3.05, 3.63) is 29.3 Å². The lowest BCUT2D eigenvalue weighted by molar-refractivity contribution is -0.145. The largest absolute Gasteiger partial charge is 0.382 e. The molecule has 1 aromatic rings. The molecule has 0 spiro atoms. The highest BCUT2D eigenvalue weighted by molar-refractivity contribution is 6.25. The molecule has 21 heteroatoms. The number of fused-ring (bicyclic) bond motifs is 1. The van der Waals surface area contributed by atoms with Gasteiger partial charge in [-0.2, -0.15) is 5.26 Å². The molecule has 0 radical (unpaired) electrons. The van der Waals surface area contributed by atoms with E-state index >= 15 is 0 Å². The molecule has 4 heterocycles. The summed E-state index contributed by atoms with van der Waals surface area (Å²) >= 11 is 0. The summed E-state index contributed by atoms with van der Waals surface area (Å²) in [4.78, 5) is 119. The summed E-state index contributed by atoms with van der Waals surface area (Å²) in [7, 11) is 0. The minimum atomic E-state index is -1.06. The van der Waals surface area contributed by atoms with Crippen molar-refractivity contribution in [3.8, 4) is 6.07 Å². The summed E-state index contributed by atoms with van der Waals surface area (Å²) in [6.07, 6.45) is 1.35. The van der Waals surface area contributed by atoms with E-state index < -0.39 is 82.9 Å². The van der Waals surface area contributed by atoms with Crippen molar-refractivity contribution >= 4 is 58.9 Å². The number of piperidine rings is 1. The molecular formula is C46H65N9O12. The molecule has 1 aromatic carbocycles. The molecule has 67 heavy (non-hydrogen) atoms. The average molecular weight is 936 g/mol. The number of nitrogens with zero attached hydrogens (tertiary/aromatic N) is 3. The zero-order chi connectivity index (χ0) is 49.0. The number of benzene rings is 1. The molecule has 0 bridgehead atoms. The van der Waals surface area contributed by atoms with Crippen molar-refractivity contribution in [2.24, 2.45) is 23.2 Å². The lowest BCUT2D eigenvalue weighted by Gasteiger charge is -2.37. The number of nitrogens with one attached hydrogen (secondary N) is 6. The Balaban J connectivity index is 0.970. The van der Waals surface area contributed by atoms with Gasteiger partial charge in [-0.1, -0.05) is 40.7 Å². The summed E-state index contributed by atoms with van der Waals surface area (Å²) in [5.74, 6) is -4.96. The number of rotatable bonds is 23. The first-order valence-corrected chi connectivity index (χ1v) is 23.0. The Morgan fingerprint density at radius 3 is 2.18 bits per heavy atom. The molecule has 21 nitrogen and oxygen atoms in total. The molecule has 5 rings (SSSR count). The van der Waals surface area contributed by atoms with Gasteiger partial charge in [0.05, 0.1) is 56.8 Å². The van der Waals surface area contributed by atoms with Crippen molar-refractivity contribution in [2.45, 2.75) is 110 Å². The third-order valence-corrected chi connectivity index (χ3v) is 12.4. The minimum absolute atomic E-state index is 0.0310. The summed E-state index contributed by atoms with van der Waals surface area (Å²) < 4.78 is 16.7. The highest BCUT2D eigenvalue weighted by Gasteiger charge is 2.48. The number of amides is 9. The Morgan fingerprint density at radius 2 is 1.55 bits per heavy atom. The number of carbonyl (C=O) groups excluding carboxylic acids is 9. The van der Waals surface area contributed by atoms with Crippen LogP contribution in [0.3, 0.4) is 0 Å². The van der Waals surface area contributed by atoms with Crippen LogP contribution in [-0.4, -0.2) is 152 Å². The van der Waals surface area contributed by atoms with E-state index in [4.69, 9.17) is 14.2 Å². The Morgan fingerprint density at radius 1 is 0.866 bits per heavy atom. The van der Waals surface area contributed by atoms with Gasteiger partial charge in [-0.3, -0.25) is 53.4 Å². The maximum atomic E-state index is 14.3. The van der Waals surface area contributed by atoms with Crippen molar-refractivity contribution in [3.63, 3.8) is 0 Å². The number of imide groups is 2. The van der Waals surface area contributed by atoms with Crippen molar-refractivity contribution < 1.29 is 57.4 Å². The second-order valence-electron chi connectivity index (χ2n) is 18.7. The topological polar surface area (TPSA) is 284 Å². The van der Waals surface area contributed by atoms with Gasteiger partial charge in [0.25, 0.3) is 11.8 Å². The molecule has 7 atom stereocenters. The SMILES string of the molecule is CC(C)C1CCN(C(=O)[C@@H](NC(=O)[C@H](C)NC(=O)CCOCCOCCOCCNc2cccc3c2C(=O)N(C2CCC(=O)NC2=O)C3=O)C(C)(C)C)C1C(=O)N[C@H](C#N)CC1CCNC1=O. The Hall–Kier alpha value is -5.98. The normalized spacial score (nSPS) is 21.9. The summed E-state index contributed by atoms with van der Waals surface area (Å²) in [5, 5.41) is 26.1. The van der Waals surface area contributed by atoms with Crippen LogP contribution < -0.4 is 31.9 Å². The fraction of sp³-hybridized carbons (Fsp3) is 0.652. The first kappa shape index (κ1) is 52.0. The van der Waals surface area contributed by atoms with Gasteiger partial charge < -0.3 is 45.7 Å². The van der Waals surface area contributed by atoms with Gasteiger partial charge in [0, 0.05) is 44.1 Å². The maximum Gasteiger partial charge on any atom is 0.264 e. The van der Waals surface area contributed by atoms with E-state index in [1.807, 2.05) is 13.8 Å². The highest BCUT2D eigenvalue weighted by atomic mass is 16.5. The first-order valence-electron chi connectivity index (χ1n) is 23.0. The van der Waals surface area contributed by atoms with Crippen LogP contribution in [-0.2, 0) is 47.8 Å². The lowest BCUT2D eigenvalue weighted by Crippen LogP contribution is -2.61. The fourth-order valence-electron chi connectivity index (χ4n) is 8.74. The third-order valence-electron chi connectivity index (χ3n) is 12.4. The molecule has 0 aliphatic carbocycles. The Kier molecular flexibility index (Phi) is 18.4. The molecule has 0 aromatic heterocycles. The van der Waals surface area contributed by atoms with E-state index in [9.17, 15) is 48.4 Å². The van der Waals surface area contributed by atoms with Gasteiger partial charge in [0.15, 0.2) is 0 Å². The molecule has 3 fully saturated rings. The van der Waals surface area contributed by atoms with Crippen molar-refractivity contribution in [1.29, 1.82) is 5.26 Å². The molecule has 4 unspecified atom stereocenters. The molecule has 0 saturated carbocycles. The molecule has 366 valence electrons. The number of nitriles is 1. The monoisotopic (exact) mass is 935 g/mol. The number of anilines is 1. The molecule has 9 amide bonds. The van der Waals surface area contributed by atoms with Crippen LogP contribution in [0.5, 0.6) is 0 Å². The number of hydrogen-bond donors (Lipinski definition) is 6. The summed E-state index contributed by atoms with van der Waals surface area (Å²) in [6.45, 7) is 13.2. The first-order chi connectivity index (χ1) is 31.8. The predicted octanol–water partition coefficient (Wildman–Crippen LogP) is 0.383. The van der Waals surface area contributed by atoms with Gasteiger partial charge in [0.2, 0.25) is 41.4 Å². The lowest BCUT2D eigenvalue weighted by atomic mass is 9.84. The molecule has 3 saturated heterocycles. The Bertz CT molecular complexity index is 2080. The fourth-order valence-corrected chi connectivity index (χ4v) is 8.74. The van der Waals surface area contributed by atoms with E-state index in [0.717, 1.165) is 4.90 Å². The molecule has 4 aliphatic heterocycles. The zero-order valence-electron chi connectivity index (χ0n) is 39.2. The summed E-state index contributed by atoms with van der Waals surface area (Å²) in [6, 6.07) is 2.01. The van der Waals surface area contributed by atoms with E-state index in [-0.39, 0.29) is 107 Å². The quantitative estimate of drug-likeness (QED) is 0.0640. The van der Waals surface area contributed by atoms with Gasteiger partial charge in [-0.15, -0.1) is 0 Å². The van der Waals surface area contributed by atoms with Gasteiger partial charge in [-0.25, -0.2) is 0 Å². The highest BCUT2D eigenvalue weighted by Crippen LogP contribution is 2.35. The van der Waals surface area contributed by atoms with Crippen LogP contribution in [0.15, 0.2) is 18.2 Å². The average Bonchev–Trinajstić information content (AvgIpc) is 3.98. The zero-order valence-corrected chi connectivity index (χ0v) is 39.2. The predicted molar refractivity (Wildman–Crippen MR) is 239 cm³/mol. The minimum Gasteiger partial charge on any atom is -0.382 e. The number of likely N-dealkylation sites (tertiary alicyclic amines) is 1. The van der Waals surface area contributed by atoms with Gasteiger partial charge in [0.1, 0.15) is 30.2 Å². The van der Waals surface area contributed by atoms with Crippen molar-refractivity contribution in [2.75, 3.05) is 64.6 Å². The van der Waals surface area contributed by atoms with Gasteiger partial charge >= 0.3 is 0 Å². The maximum absolute atomic E-state index is 14.3. The molecule has 6 N–H and O–H groups in total. The van der Waals surface area contributed by atoms with Gasteiger partial charge in [-0.05, 0) is 62.0 Å². The third kappa shape index (κ3) is 13.4. The summed E-state index contributed by atoms with van der Waals surface area (Å²) in [5.41, 5.74) is -0.0184. The van der Waals surface area contributed by atoms with Crippen LogP contribution in [0.25, 0.3) is 0 Å². The Labute approximate surface area is 390 Å². The number of ether oxygens (including phenoxy) is 3. The second-order valence-corrected chi connectivity index (χ2v) is 18.7. The van der Waals surface area contributed by atoms with Crippen LogP contribution in [0.4, 0.5) is 5.69 Å². The van der Waals surface area contributed by atoms with Crippen LogP contribution >= 0.6 is 0 Å². The van der Waals surface area contributed by atoms with E-state index in [0.29, 0.717) is 31.6 Å². The van der Waals surface area contributed by atoms with E-state index in [1.54, 1.807) is 32.9 Å². The van der Waals surface area contributed by atoms with Crippen LogP contribution in [0, 0.1) is 34.5 Å². The van der Waals surface area contributed by atoms with Crippen LogP contribution in [0.1, 0.15) is 101 Å². The molecular weight excluding hydrogens is 871 g/mol. The number of hydrogen-bond acceptors (Lipinski definition) is 14. The van der Waals surface area contributed by atoms with Crippen molar-refractivity contribution in [1.82, 2.24) is 36.4 Å². The smallest absolute Gasteiger partial charge is 0.264 e. The van der Waals surface area contributed by atoms with E-state index in [2.05, 4.69) is 38.0 Å². The standard InChI is InChI=1S/C46H65N9O12/c1-26(2)30-13-17-54(37(30)42(61)51-29(25-47)24-28-12-15-49-40(28)59)45(64)38(46(4,5)6)53-39(58)27(3)50-35(57)14-18-65-20-22-67-23-21-66-19-16-48-32-9-7-8-31-36(32)44(63)55(43(31)62)33-10-11-34(56)52-41(33)60/h7-9,26-30,33,37-38,48H,10-24H2,1-6H3,(H,49,59)(H,50,57)(H,51,61)(H,53,58)(H,52,56,60)/t27-,28?,29-,30?,33?,37?,38+/m0/s1. The van der Waals surface area contributed by atoms with E-state index in [1.165, 1.54) is 17.9 Å². The second kappa shape index (κ2) is 23.7. The molecule has 4 aliphatic rings. The number of carbonyl (C=O) groups is 9.